The van der Waals surface area contributed by atoms with Crippen molar-refractivity contribution >= 4 is 11.6 Å². The number of benzene rings is 1. The molecule has 2 rings (SSSR count). The van der Waals surface area contributed by atoms with Gasteiger partial charge in [0.05, 0.1) is 20.0 Å². The minimum atomic E-state index is 0.604. The van der Waals surface area contributed by atoms with Crippen LogP contribution >= 0.6 is 11.6 Å². The molecule has 0 atom stereocenters. The van der Waals surface area contributed by atoms with Gasteiger partial charge in [0.1, 0.15) is 0 Å². The fourth-order valence-electron chi connectivity index (χ4n) is 2.10. The Labute approximate surface area is 129 Å². The molecule has 0 spiro atoms. The first-order valence-corrected chi connectivity index (χ1v) is 7.22. The molecule has 0 radical (unpaired) electrons. The van der Waals surface area contributed by atoms with Crippen LogP contribution in [0.2, 0.25) is 5.02 Å². The van der Waals surface area contributed by atoms with Crippen molar-refractivity contribution in [3.05, 3.63) is 41.4 Å². The summed E-state index contributed by atoms with van der Waals surface area (Å²) in [6, 6.07) is 3.66. The van der Waals surface area contributed by atoms with E-state index in [0.29, 0.717) is 23.9 Å². The van der Waals surface area contributed by atoms with E-state index in [1.807, 2.05) is 23.9 Å². The number of halogens is 1. The number of ether oxygens (including phenoxy) is 2. The van der Waals surface area contributed by atoms with E-state index in [2.05, 4.69) is 10.3 Å². The minimum Gasteiger partial charge on any atom is -0.493 e. The van der Waals surface area contributed by atoms with Crippen LogP contribution in [0.25, 0.3) is 0 Å². The highest BCUT2D eigenvalue weighted by Crippen LogP contribution is 2.34. The van der Waals surface area contributed by atoms with Gasteiger partial charge in [0, 0.05) is 42.1 Å². The van der Waals surface area contributed by atoms with Crippen molar-refractivity contribution in [3.8, 4) is 11.5 Å². The first-order chi connectivity index (χ1) is 10.2. The maximum atomic E-state index is 6.09. The molecule has 114 valence electrons. The molecular weight excluding hydrogens is 290 g/mol. The molecule has 0 saturated heterocycles. The number of rotatable bonds is 8. The van der Waals surface area contributed by atoms with Crippen molar-refractivity contribution < 1.29 is 9.47 Å². The predicted octanol–water partition coefficient (Wildman–Crippen LogP) is 2.73. The van der Waals surface area contributed by atoms with Gasteiger partial charge in [-0.1, -0.05) is 11.6 Å². The molecule has 6 heteroatoms. The zero-order chi connectivity index (χ0) is 15.1. The Bertz CT molecular complexity index is 558. The Hall–Kier alpha value is -1.72. The lowest BCUT2D eigenvalue weighted by molar-refractivity contribution is 0.279. The summed E-state index contributed by atoms with van der Waals surface area (Å²) < 4.78 is 13.3. The third kappa shape index (κ3) is 4.37. The zero-order valence-corrected chi connectivity index (χ0v) is 13.1. The number of methoxy groups -OCH3 is 1. The lowest BCUT2D eigenvalue weighted by atomic mass is 10.2. The number of nitrogens with zero attached hydrogens (tertiary/aromatic N) is 2. The number of nitrogens with one attached hydrogen (secondary N) is 1. The summed E-state index contributed by atoms with van der Waals surface area (Å²) in [7, 11) is 3.50. The molecule has 2 aromatic rings. The molecule has 0 aliphatic heterocycles. The fourth-order valence-corrected chi connectivity index (χ4v) is 2.33. The van der Waals surface area contributed by atoms with Gasteiger partial charge in [-0.2, -0.15) is 0 Å². The third-order valence-corrected chi connectivity index (χ3v) is 3.27. The standard InChI is InChI=1S/C15H20ClN3O2/c1-17-10-12-8-13(16)9-14(20-2)15(12)21-7-3-5-19-6-4-18-11-19/h4,6,8-9,11,17H,3,5,7,10H2,1-2H3. The molecule has 5 nitrogen and oxygen atoms in total. The van der Waals surface area contributed by atoms with Crippen LogP contribution in [0, 0.1) is 0 Å². The molecule has 0 aliphatic rings. The van der Waals surface area contributed by atoms with Gasteiger partial charge in [-0.15, -0.1) is 0 Å². The van der Waals surface area contributed by atoms with Gasteiger partial charge in [-0.25, -0.2) is 4.98 Å². The van der Waals surface area contributed by atoms with E-state index >= 15 is 0 Å². The monoisotopic (exact) mass is 309 g/mol. The minimum absolute atomic E-state index is 0.604. The number of aromatic nitrogens is 2. The molecule has 21 heavy (non-hydrogen) atoms. The van der Waals surface area contributed by atoms with Crippen LogP contribution in [0.15, 0.2) is 30.9 Å². The van der Waals surface area contributed by atoms with Crippen LogP contribution in [-0.2, 0) is 13.1 Å². The summed E-state index contributed by atoms with van der Waals surface area (Å²) in [5.74, 6) is 1.41. The largest absolute Gasteiger partial charge is 0.493 e. The normalized spacial score (nSPS) is 10.6. The topological polar surface area (TPSA) is 48.3 Å². The second kappa shape index (κ2) is 7.90. The predicted molar refractivity (Wildman–Crippen MR) is 83.1 cm³/mol. The van der Waals surface area contributed by atoms with Crippen LogP contribution in [-0.4, -0.2) is 30.3 Å². The molecule has 0 bridgehead atoms. The number of hydrogen-bond acceptors (Lipinski definition) is 4. The highest BCUT2D eigenvalue weighted by atomic mass is 35.5. The van der Waals surface area contributed by atoms with E-state index < -0.39 is 0 Å². The number of imidazole rings is 1. The second-order valence-electron chi connectivity index (χ2n) is 4.63. The summed E-state index contributed by atoms with van der Waals surface area (Å²) in [5, 5.41) is 3.75. The van der Waals surface area contributed by atoms with Crippen molar-refractivity contribution in [2.75, 3.05) is 20.8 Å². The molecule has 0 amide bonds. The van der Waals surface area contributed by atoms with Gasteiger partial charge < -0.3 is 19.4 Å². The average Bonchev–Trinajstić information content (AvgIpc) is 2.98. The van der Waals surface area contributed by atoms with Gasteiger partial charge in [-0.3, -0.25) is 0 Å². The van der Waals surface area contributed by atoms with E-state index in [9.17, 15) is 0 Å². The van der Waals surface area contributed by atoms with E-state index in [0.717, 1.165) is 24.3 Å². The lowest BCUT2D eigenvalue weighted by Gasteiger charge is -2.15. The Balaban J connectivity index is 2.00. The highest BCUT2D eigenvalue weighted by molar-refractivity contribution is 6.30. The van der Waals surface area contributed by atoms with Gasteiger partial charge in [0.25, 0.3) is 0 Å². The van der Waals surface area contributed by atoms with Crippen molar-refractivity contribution in [1.82, 2.24) is 14.9 Å². The maximum absolute atomic E-state index is 6.09. The number of hydrogen-bond donors (Lipinski definition) is 1. The molecule has 1 aromatic carbocycles. The van der Waals surface area contributed by atoms with Gasteiger partial charge >= 0.3 is 0 Å². The van der Waals surface area contributed by atoms with Crippen molar-refractivity contribution in [3.63, 3.8) is 0 Å². The first kappa shape index (κ1) is 15.7. The lowest BCUT2D eigenvalue weighted by Crippen LogP contribution is -2.10. The average molecular weight is 310 g/mol. The SMILES string of the molecule is CNCc1cc(Cl)cc(OC)c1OCCCn1ccnc1. The van der Waals surface area contributed by atoms with E-state index in [1.54, 1.807) is 25.7 Å². The smallest absolute Gasteiger partial charge is 0.165 e. The molecule has 0 aliphatic carbocycles. The first-order valence-electron chi connectivity index (χ1n) is 6.84. The Morgan fingerprint density at radius 1 is 1.38 bits per heavy atom. The molecule has 1 N–H and O–H groups in total. The Morgan fingerprint density at radius 2 is 2.24 bits per heavy atom. The molecule has 1 heterocycles. The van der Waals surface area contributed by atoms with Crippen LogP contribution in [0.4, 0.5) is 0 Å². The van der Waals surface area contributed by atoms with E-state index in [-0.39, 0.29) is 0 Å². The molecule has 0 fully saturated rings. The van der Waals surface area contributed by atoms with Gasteiger partial charge in [0.2, 0.25) is 0 Å². The molecule has 0 unspecified atom stereocenters. The molecule has 0 saturated carbocycles. The Kier molecular flexibility index (Phi) is 5.90. The summed E-state index contributed by atoms with van der Waals surface area (Å²) in [4.78, 5) is 4.01. The van der Waals surface area contributed by atoms with Gasteiger partial charge in [0.15, 0.2) is 11.5 Å². The van der Waals surface area contributed by atoms with Gasteiger partial charge in [-0.05, 0) is 19.5 Å². The quantitative estimate of drug-likeness (QED) is 0.762. The summed E-state index contributed by atoms with van der Waals surface area (Å²) in [5.41, 5.74) is 0.990. The van der Waals surface area contributed by atoms with Crippen LogP contribution in [0.1, 0.15) is 12.0 Å². The second-order valence-corrected chi connectivity index (χ2v) is 5.07. The maximum Gasteiger partial charge on any atom is 0.165 e. The van der Waals surface area contributed by atoms with Crippen LogP contribution in [0.5, 0.6) is 11.5 Å². The highest BCUT2D eigenvalue weighted by Gasteiger charge is 2.12. The van der Waals surface area contributed by atoms with Crippen molar-refractivity contribution in [1.29, 1.82) is 0 Å². The summed E-state index contributed by atoms with van der Waals surface area (Å²) in [6.45, 7) is 2.15. The van der Waals surface area contributed by atoms with Crippen LogP contribution < -0.4 is 14.8 Å². The van der Waals surface area contributed by atoms with E-state index in [1.165, 1.54) is 0 Å². The zero-order valence-electron chi connectivity index (χ0n) is 12.3. The Morgan fingerprint density at radius 3 is 2.90 bits per heavy atom. The summed E-state index contributed by atoms with van der Waals surface area (Å²) in [6.07, 6.45) is 6.40. The molecular formula is C15H20ClN3O2. The van der Waals surface area contributed by atoms with Crippen LogP contribution in [0.3, 0.4) is 0 Å². The fraction of sp³-hybridized carbons (Fsp3) is 0.400. The van der Waals surface area contributed by atoms with Crippen molar-refractivity contribution in [2.24, 2.45) is 0 Å². The van der Waals surface area contributed by atoms with E-state index in [4.69, 9.17) is 21.1 Å². The number of aryl methyl sites for hydroxylation is 1. The third-order valence-electron chi connectivity index (χ3n) is 3.05. The van der Waals surface area contributed by atoms with Crippen molar-refractivity contribution in [2.45, 2.75) is 19.5 Å². The molecule has 1 aromatic heterocycles. The summed E-state index contributed by atoms with van der Waals surface area (Å²) >= 11 is 6.09.